The molecular weight excluding hydrogens is 300 g/mol. The van der Waals surface area contributed by atoms with Gasteiger partial charge < -0.3 is 4.74 Å². The second-order valence-electron chi connectivity index (χ2n) is 5.52. The number of aryl methyl sites for hydroxylation is 2. The highest BCUT2D eigenvalue weighted by Gasteiger charge is 2.31. The second-order valence-corrected chi connectivity index (χ2v) is 7.48. The first-order valence-electron chi connectivity index (χ1n) is 7.70. The lowest BCUT2D eigenvalue weighted by Crippen LogP contribution is -2.08. The summed E-state index contributed by atoms with van der Waals surface area (Å²) in [6.07, 6.45) is 0. The van der Waals surface area contributed by atoms with E-state index in [4.69, 9.17) is 4.74 Å². The molecule has 23 heavy (non-hydrogen) atoms. The van der Waals surface area contributed by atoms with E-state index in [1.807, 2.05) is 6.07 Å². The highest BCUT2D eigenvalue weighted by molar-refractivity contribution is 7.97. The quantitative estimate of drug-likeness (QED) is 0.584. The number of hydrogen-bond acceptors (Lipinski definition) is 1. The summed E-state index contributed by atoms with van der Waals surface area (Å²) in [4.78, 5) is 4.03. The normalized spacial score (nSPS) is 10.8. The minimum atomic E-state index is -0.130. The maximum absolute atomic E-state index is 5.44. The Bertz CT molecular complexity index is 765. The molecule has 2 heteroatoms. The first-order valence-corrected chi connectivity index (χ1v) is 8.93. The third-order valence-corrected chi connectivity index (χ3v) is 6.43. The highest BCUT2D eigenvalue weighted by atomic mass is 32.2. The zero-order valence-corrected chi connectivity index (χ0v) is 14.6. The van der Waals surface area contributed by atoms with Crippen LogP contribution >= 0.6 is 0 Å². The van der Waals surface area contributed by atoms with Crippen molar-refractivity contribution in [3.05, 3.63) is 83.9 Å². The van der Waals surface area contributed by atoms with Gasteiger partial charge in [-0.25, -0.2) is 0 Å². The molecule has 0 spiro atoms. The fraction of sp³-hybridized carbons (Fsp3) is 0.143. The number of hydrogen-bond donors (Lipinski definition) is 0. The van der Waals surface area contributed by atoms with Gasteiger partial charge in [0.1, 0.15) is 5.75 Å². The highest BCUT2D eigenvalue weighted by Crippen LogP contribution is 2.35. The SMILES string of the molecule is COc1cccc([S+](c2ccccc2C)c2ccccc2C)c1. The van der Waals surface area contributed by atoms with Crippen molar-refractivity contribution >= 4 is 10.9 Å². The van der Waals surface area contributed by atoms with Crippen LogP contribution in [0, 0.1) is 13.8 Å². The minimum absolute atomic E-state index is 0.130. The van der Waals surface area contributed by atoms with Crippen LogP contribution in [-0.4, -0.2) is 7.11 Å². The maximum Gasteiger partial charge on any atom is 0.170 e. The Balaban J connectivity index is 2.22. The number of rotatable bonds is 4. The van der Waals surface area contributed by atoms with Gasteiger partial charge >= 0.3 is 0 Å². The van der Waals surface area contributed by atoms with Crippen molar-refractivity contribution in [2.24, 2.45) is 0 Å². The van der Waals surface area contributed by atoms with Gasteiger partial charge in [0, 0.05) is 17.2 Å². The average molecular weight is 321 g/mol. The lowest BCUT2D eigenvalue weighted by atomic mass is 10.2. The van der Waals surface area contributed by atoms with Crippen LogP contribution in [0.3, 0.4) is 0 Å². The van der Waals surface area contributed by atoms with Gasteiger partial charge in [-0.2, -0.15) is 0 Å². The molecule has 3 aromatic carbocycles. The van der Waals surface area contributed by atoms with Crippen molar-refractivity contribution in [2.75, 3.05) is 7.11 Å². The molecule has 0 aliphatic rings. The first kappa shape index (κ1) is 15.7. The molecule has 0 saturated heterocycles. The van der Waals surface area contributed by atoms with Crippen molar-refractivity contribution in [1.29, 1.82) is 0 Å². The smallest absolute Gasteiger partial charge is 0.170 e. The zero-order valence-electron chi connectivity index (χ0n) is 13.7. The monoisotopic (exact) mass is 321 g/mol. The Labute approximate surface area is 141 Å². The van der Waals surface area contributed by atoms with Crippen LogP contribution < -0.4 is 4.74 Å². The molecule has 0 heterocycles. The Morgan fingerprint density at radius 1 is 0.696 bits per heavy atom. The fourth-order valence-corrected chi connectivity index (χ4v) is 5.07. The predicted molar refractivity (Wildman–Crippen MR) is 97.5 cm³/mol. The largest absolute Gasteiger partial charge is 0.497 e. The maximum atomic E-state index is 5.44. The molecule has 3 aromatic rings. The summed E-state index contributed by atoms with van der Waals surface area (Å²) < 4.78 is 5.44. The molecule has 3 rings (SSSR count). The van der Waals surface area contributed by atoms with E-state index in [1.54, 1.807) is 7.11 Å². The molecular formula is C21H21OS+. The molecule has 0 atom stereocenters. The molecule has 0 amide bonds. The topological polar surface area (TPSA) is 9.23 Å². The van der Waals surface area contributed by atoms with E-state index >= 15 is 0 Å². The van der Waals surface area contributed by atoms with E-state index in [9.17, 15) is 0 Å². The van der Waals surface area contributed by atoms with Crippen molar-refractivity contribution < 1.29 is 4.74 Å². The van der Waals surface area contributed by atoms with Gasteiger partial charge in [0.05, 0.1) is 18.0 Å². The van der Waals surface area contributed by atoms with Gasteiger partial charge in [0.2, 0.25) is 0 Å². The molecule has 0 fully saturated rings. The van der Waals surface area contributed by atoms with Gasteiger partial charge in [-0.3, -0.25) is 0 Å². The lowest BCUT2D eigenvalue weighted by Gasteiger charge is -2.12. The van der Waals surface area contributed by atoms with Crippen LogP contribution in [-0.2, 0) is 10.9 Å². The standard InChI is InChI=1S/C21H21OS/c1-16-9-4-6-13-20(16)23(21-14-7-5-10-17(21)2)19-12-8-11-18(15-19)22-3/h4-15H,1-3H3/q+1. The summed E-state index contributed by atoms with van der Waals surface area (Å²) in [7, 11) is 1.59. The summed E-state index contributed by atoms with van der Waals surface area (Å²) in [5, 5.41) is 0. The molecule has 116 valence electrons. The molecule has 0 aliphatic carbocycles. The van der Waals surface area contributed by atoms with Crippen LogP contribution in [0.2, 0.25) is 0 Å². The molecule has 0 saturated carbocycles. The predicted octanol–water partition coefficient (Wildman–Crippen LogP) is 5.41. The van der Waals surface area contributed by atoms with E-state index in [0.717, 1.165) is 5.75 Å². The summed E-state index contributed by atoms with van der Waals surface area (Å²) in [6, 6.07) is 25.7. The van der Waals surface area contributed by atoms with Crippen molar-refractivity contribution in [2.45, 2.75) is 28.5 Å². The van der Waals surface area contributed by atoms with Crippen LogP contribution in [0.5, 0.6) is 5.75 Å². The van der Waals surface area contributed by atoms with Crippen LogP contribution in [0.1, 0.15) is 11.1 Å². The minimum Gasteiger partial charge on any atom is -0.497 e. The first-order chi connectivity index (χ1) is 11.2. The Hall–Kier alpha value is -2.19. The van der Waals surface area contributed by atoms with E-state index in [0.29, 0.717) is 0 Å². The summed E-state index contributed by atoms with van der Waals surface area (Å²) in [6.45, 7) is 4.38. The van der Waals surface area contributed by atoms with Gasteiger partial charge in [-0.15, -0.1) is 0 Å². The Morgan fingerprint density at radius 3 is 1.78 bits per heavy atom. The van der Waals surface area contributed by atoms with E-state index < -0.39 is 0 Å². The van der Waals surface area contributed by atoms with E-state index in [-0.39, 0.29) is 10.9 Å². The molecule has 0 bridgehead atoms. The van der Waals surface area contributed by atoms with Gasteiger partial charge in [0.25, 0.3) is 0 Å². The molecule has 0 N–H and O–H groups in total. The van der Waals surface area contributed by atoms with Crippen LogP contribution in [0.25, 0.3) is 0 Å². The number of benzene rings is 3. The molecule has 0 aliphatic heterocycles. The second kappa shape index (κ2) is 6.93. The third kappa shape index (κ3) is 3.27. The summed E-state index contributed by atoms with van der Waals surface area (Å²) >= 11 is 0. The van der Waals surface area contributed by atoms with E-state index in [2.05, 4.69) is 80.6 Å². The van der Waals surface area contributed by atoms with Crippen molar-refractivity contribution in [1.82, 2.24) is 0 Å². The van der Waals surface area contributed by atoms with Crippen molar-refractivity contribution in [3.8, 4) is 5.75 Å². The molecule has 1 nitrogen and oxygen atoms in total. The van der Waals surface area contributed by atoms with Gasteiger partial charge in [-0.05, 0) is 38.1 Å². The summed E-state index contributed by atoms with van der Waals surface area (Å²) in [5.41, 5.74) is 2.64. The van der Waals surface area contributed by atoms with Crippen molar-refractivity contribution in [3.63, 3.8) is 0 Å². The van der Waals surface area contributed by atoms with E-state index in [1.165, 1.54) is 25.8 Å². The Morgan fingerprint density at radius 2 is 1.26 bits per heavy atom. The van der Waals surface area contributed by atoms with Gasteiger partial charge in [-0.1, -0.05) is 42.5 Å². The molecule has 0 unspecified atom stereocenters. The number of methoxy groups -OCH3 is 1. The zero-order chi connectivity index (χ0) is 16.2. The number of ether oxygens (including phenoxy) is 1. The summed E-state index contributed by atoms with van der Waals surface area (Å²) in [5.74, 6) is 0.905. The lowest BCUT2D eigenvalue weighted by molar-refractivity contribution is 0.413. The van der Waals surface area contributed by atoms with Gasteiger partial charge in [0.15, 0.2) is 14.7 Å². The molecule has 0 radical (unpaired) electrons. The fourth-order valence-electron chi connectivity index (χ4n) is 2.67. The Kier molecular flexibility index (Phi) is 4.73. The average Bonchev–Trinajstić information content (AvgIpc) is 2.59. The third-order valence-electron chi connectivity index (χ3n) is 3.90. The molecule has 0 aromatic heterocycles. The van der Waals surface area contributed by atoms with Crippen LogP contribution in [0.15, 0.2) is 87.5 Å². The van der Waals surface area contributed by atoms with Crippen LogP contribution in [0.4, 0.5) is 0 Å².